The number of benzene rings is 1. The molecule has 1 aliphatic rings. The summed E-state index contributed by atoms with van der Waals surface area (Å²) in [6.45, 7) is 4.69. The maximum atomic E-state index is 11.1. The molecule has 0 aromatic heterocycles. The number of nitrogens with zero attached hydrogens (tertiary/aromatic N) is 3. The summed E-state index contributed by atoms with van der Waals surface area (Å²) in [7, 11) is 0. The summed E-state index contributed by atoms with van der Waals surface area (Å²) in [5, 5.41) is 15.6. The van der Waals surface area contributed by atoms with Crippen molar-refractivity contribution in [3.05, 3.63) is 33.8 Å². The Balaban J connectivity index is 2.23. The van der Waals surface area contributed by atoms with Crippen LogP contribution in [0, 0.1) is 24.2 Å². The Labute approximate surface area is 123 Å². The molecule has 0 unspecified atom stereocenters. The van der Waals surface area contributed by atoms with Crippen LogP contribution in [0.5, 0.6) is 0 Å². The zero-order chi connectivity index (χ0) is 14.7. The van der Waals surface area contributed by atoms with Crippen molar-refractivity contribution in [3.8, 4) is 6.07 Å². The lowest BCUT2D eigenvalue weighted by molar-refractivity contribution is -0.112. The van der Waals surface area contributed by atoms with E-state index in [1.807, 2.05) is 24.1 Å². The predicted octanol–water partition coefficient (Wildman–Crippen LogP) is 2.76. The Kier molecular flexibility index (Phi) is 4.41. The highest BCUT2D eigenvalue weighted by atomic mass is 35.5. The van der Waals surface area contributed by atoms with Crippen molar-refractivity contribution in [2.75, 3.05) is 6.54 Å². The van der Waals surface area contributed by atoms with E-state index in [4.69, 9.17) is 16.9 Å². The van der Waals surface area contributed by atoms with Gasteiger partial charge in [-0.1, -0.05) is 24.6 Å². The molecule has 0 radical (unpaired) electrons. The van der Waals surface area contributed by atoms with Crippen molar-refractivity contribution < 1.29 is 4.79 Å². The van der Waals surface area contributed by atoms with Crippen LogP contribution >= 0.6 is 11.6 Å². The minimum Gasteiger partial charge on any atom is -0.301 e. The fraction of sp³-hybridized carbons (Fsp3) is 0.400. The summed E-state index contributed by atoms with van der Waals surface area (Å²) in [5.74, 6) is 0.329. The molecule has 0 bridgehead atoms. The number of hydrazone groups is 1. The highest BCUT2D eigenvalue weighted by molar-refractivity contribution is 6.32. The van der Waals surface area contributed by atoms with Crippen molar-refractivity contribution >= 4 is 24.1 Å². The molecule has 1 aliphatic heterocycles. The molecule has 2 rings (SSSR count). The number of carbonyl (C=O) groups is 1. The Morgan fingerprint density at radius 3 is 2.95 bits per heavy atom. The fourth-order valence-corrected chi connectivity index (χ4v) is 2.57. The first-order valence-electron chi connectivity index (χ1n) is 6.53. The van der Waals surface area contributed by atoms with Gasteiger partial charge >= 0.3 is 0 Å². The minimum absolute atomic E-state index is 0.152. The van der Waals surface area contributed by atoms with E-state index in [1.165, 1.54) is 0 Å². The van der Waals surface area contributed by atoms with Gasteiger partial charge in [0.05, 0.1) is 16.8 Å². The third-order valence-corrected chi connectivity index (χ3v) is 4.26. The number of hydrogen-bond donors (Lipinski definition) is 0. The van der Waals surface area contributed by atoms with Crippen molar-refractivity contribution in [1.29, 1.82) is 5.26 Å². The van der Waals surface area contributed by atoms with E-state index in [2.05, 4.69) is 12.0 Å². The van der Waals surface area contributed by atoms with Crippen LogP contribution in [-0.4, -0.2) is 30.1 Å². The van der Waals surface area contributed by atoms with Crippen molar-refractivity contribution in [1.82, 2.24) is 5.01 Å². The van der Waals surface area contributed by atoms with Crippen LogP contribution in [0.25, 0.3) is 0 Å². The van der Waals surface area contributed by atoms with E-state index in [0.717, 1.165) is 30.4 Å². The lowest BCUT2D eigenvalue weighted by atomic mass is 10.1. The molecule has 1 heterocycles. The van der Waals surface area contributed by atoms with E-state index >= 15 is 0 Å². The molecule has 1 aromatic carbocycles. The summed E-state index contributed by atoms with van der Waals surface area (Å²) in [6.07, 6.45) is 3.62. The summed E-state index contributed by atoms with van der Waals surface area (Å²) < 4.78 is 0. The Bertz CT molecular complexity index is 592. The van der Waals surface area contributed by atoms with Crippen LogP contribution in [0.4, 0.5) is 0 Å². The maximum absolute atomic E-state index is 11.1. The van der Waals surface area contributed by atoms with Gasteiger partial charge in [0.1, 0.15) is 18.4 Å². The lowest BCUT2D eigenvalue weighted by Crippen LogP contribution is -2.29. The van der Waals surface area contributed by atoms with Crippen molar-refractivity contribution in [2.24, 2.45) is 11.0 Å². The van der Waals surface area contributed by atoms with Gasteiger partial charge in [-0.3, -0.25) is 5.01 Å². The number of aldehydes is 1. The third-order valence-electron chi connectivity index (χ3n) is 3.77. The average Bonchev–Trinajstić information content (AvgIpc) is 2.81. The molecule has 5 heteroatoms. The number of carbonyl (C=O) groups excluding carboxylic acids is 1. The lowest BCUT2D eigenvalue weighted by Gasteiger charge is -2.18. The predicted molar refractivity (Wildman–Crippen MR) is 78.8 cm³/mol. The van der Waals surface area contributed by atoms with Gasteiger partial charge in [-0.25, -0.2) is 0 Å². The molecule has 104 valence electrons. The van der Waals surface area contributed by atoms with Crippen LogP contribution in [-0.2, 0) is 4.79 Å². The molecule has 0 aliphatic carbocycles. The van der Waals surface area contributed by atoms with Crippen LogP contribution in [0.2, 0.25) is 5.02 Å². The van der Waals surface area contributed by atoms with Gasteiger partial charge < -0.3 is 4.79 Å². The summed E-state index contributed by atoms with van der Waals surface area (Å²) in [4.78, 5) is 11.1. The molecule has 0 amide bonds. The van der Waals surface area contributed by atoms with Crippen LogP contribution in [0.1, 0.15) is 30.0 Å². The SMILES string of the molecule is Cc1c(/C=N/N2CC[C@H](C)[C@H]2C=O)ccc(C#N)c1Cl. The molecule has 0 saturated carbocycles. The standard InChI is InChI=1S/C15H16ClN3O/c1-10-5-6-19(14(10)9-20)18-8-13-4-3-12(7-17)15(16)11(13)2/h3-4,8-10,14H,5-6H2,1-2H3/b18-8+/t10-,14+/m0/s1. The van der Waals surface area contributed by atoms with Gasteiger partial charge in [0.25, 0.3) is 0 Å². The molecule has 2 atom stereocenters. The summed E-state index contributed by atoms with van der Waals surface area (Å²) in [6, 6.07) is 5.40. The zero-order valence-electron chi connectivity index (χ0n) is 11.5. The van der Waals surface area contributed by atoms with Crippen molar-refractivity contribution in [3.63, 3.8) is 0 Å². The van der Waals surface area contributed by atoms with E-state index in [9.17, 15) is 4.79 Å². The van der Waals surface area contributed by atoms with Crippen LogP contribution in [0.3, 0.4) is 0 Å². The Morgan fingerprint density at radius 2 is 2.30 bits per heavy atom. The van der Waals surface area contributed by atoms with Crippen LogP contribution in [0.15, 0.2) is 17.2 Å². The van der Waals surface area contributed by atoms with Gasteiger partial charge in [-0.05, 0) is 36.5 Å². The number of halogens is 1. The molecule has 4 nitrogen and oxygen atoms in total. The number of hydrogen-bond acceptors (Lipinski definition) is 4. The molecule has 0 N–H and O–H groups in total. The van der Waals surface area contributed by atoms with Gasteiger partial charge in [-0.15, -0.1) is 0 Å². The minimum atomic E-state index is -0.152. The zero-order valence-corrected chi connectivity index (χ0v) is 12.3. The van der Waals surface area contributed by atoms with E-state index in [0.29, 0.717) is 16.5 Å². The topological polar surface area (TPSA) is 56.5 Å². The monoisotopic (exact) mass is 289 g/mol. The second kappa shape index (κ2) is 6.06. The summed E-state index contributed by atoms with van der Waals surface area (Å²) in [5.41, 5.74) is 2.14. The average molecular weight is 290 g/mol. The second-order valence-corrected chi connectivity index (χ2v) is 5.43. The summed E-state index contributed by atoms with van der Waals surface area (Å²) >= 11 is 6.12. The van der Waals surface area contributed by atoms with Gasteiger partial charge in [0, 0.05) is 6.54 Å². The molecule has 20 heavy (non-hydrogen) atoms. The fourth-order valence-electron chi connectivity index (χ4n) is 2.35. The first-order valence-corrected chi connectivity index (χ1v) is 6.91. The van der Waals surface area contributed by atoms with E-state index in [1.54, 1.807) is 12.3 Å². The Morgan fingerprint density at radius 1 is 1.55 bits per heavy atom. The van der Waals surface area contributed by atoms with Crippen LogP contribution < -0.4 is 0 Å². The number of nitriles is 1. The molecular weight excluding hydrogens is 274 g/mol. The molecule has 1 saturated heterocycles. The number of rotatable bonds is 3. The Hall–Kier alpha value is -1.86. The largest absolute Gasteiger partial charge is 0.301 e. The molecular formula is C15H16ClN3O. The highest BCUT2D eigenvalue weighted by Crippen LogP contribution is 2.24. The first-order chi connectivity index (χ1) is 9.58. The first kappa shape index (κ1) is 14.5. The van der Waals surface area contributed by atoms with Gasteiger partial charge in [0.15, 0.2) is 0 Å². The quantitative estimate of drug-likeness (QED) is 0.635. The second-order valence-electron chi connectivity index (χ2n) is 5.05. The third kappa shape index (κ3) is 2.68. The highest BCUT2D eigenvalue weighted by Gasteiger charge is 2.29. The van der Waals surface area contributed by atoms with Crippen molar-refractivity contribution in [2.45, 2.75) is 26.3 Å². The molecule has 1 aromatic rings. The molecule has 0 spiro atoms. The smallest absolute Gasteiger partial charge is 0.144 e. The van der Waals surface area contributed by atoms with E-state index < -0.39 is 0 Å². The molecule has 1 fully saturated rings. The van der Waals surface area contributed by atoms with Gasteiger partial charge in [-0.2, -0.15) is 10.4 Å². The normalized spacial score (nSPS) is 22.2. The van der Waals surface area contributed by atoms with E-state index in [-0.39, 0.29) is 6.04 Å². The maximum Gasteiger partial charge on any atom is 0.144 e. The van der Waals surface area contributed by atoms with Gasteiger partial charge in [0.2, 0.25) is 0 Å².